The van der Waals surface area contributed by atoms with E-state index in [1.807, 2.05) is 13.8 Å². The number of nitrogens with zero attached hydrogens (tertiary/aromatic N) is 2. The number of hydrogen-bond donors (Lipinski definition) is 2. The molecule has 1 aromatic rings. The van der Waals surface area contributed by atoms with Crippen molar-refractivity contribution >= 4 is 41.3 Å². The molecule has 1 heterocycles. The molecule has 0 fully saturated rings. The van der Waals surface area contributed by atoms with Crippen LogP contribution < -0.4 is 11.1 Å². The summed E-state index contributed by atoms with van der Waals surface area (Å²) in [4.78, 5) is 8.60. The summed E-state index contributed by atoms with van der Waals surface area (Å²) in [5.41, 5.74) is 6.84. The van der Waals surface area contributed by atoms with E-state index >= 15 is 0 Å². The lowest BCUT2D eigenvalue weighted by Crippen LogP contribution is -2.33. The quantitative estimate of drug-likeness (QED) is 0.304. The van der Waals surface area contributed by atoms with Gasteiger partial charge in [0.25, 0.3) is 0 Å². The van der Waals surface area contributed by atoms with Crippen LogP contribution in [-0.2, 0) is 11.2 Å². The standard InChI is InChI=1S/C12H22N4OS.HI/c1-3-17-8-4-6-14-12(13)15-7-5-11-9-18-10(2)16-11;/h9H,3-8H2,1-2H3,(H3,13,14,15);1H. The lowest BCUT2D eigenvalue weighted by Gasteiger charge is -2.04. The van der Waals surface area contributed by atoms with Gasteiger partial charge in [-0.15, -0.1) is 35.3 Å². The molecule has 0 amide bonds. The summed E-state index contributed by atoms with van der Waals surface area (Å²) >= 11 is 1.67. The highest BCUT2D eigenvalue weighted by molar-refractivity contribution is 14.0. The van der Waals surface area contributed by atoms with Crippen LogP contribution in [0.4, 0.5) is 0 Å². The lowest BCUT2D eigenvalue weighted by atomic mass is 10.3. The topological polar surface area (TPSA) is 72.5 Å². The second kappa shape index (κ2) is 11.4. The minimum atomic E-state index is 0. The summed E-state index contributed by atoms with van der Waals surface area (Å²) < 4.78 is 5.22. The maximum Gasteiger partial charge on any atom is 0.188 e. The average Bonchev–Trinajstić information content (AvgIpc) is 2.75. The predicted octanol–water partition coefficient (Wildman–Crippen LogP) is 1.94. The normalized spacial score (nSPS) is 11.2. The van der Waals surface area contributed by atoms with E-state index in [1.165, 1.54) is 0 Å². The van der Waals surface area contributed by atoms with Crippen molar-refractivity contribution in [3.8, 4) is 0 Å². The molecule has 0 spiro atoms. The van der Waals surface area contributed by atoms with Crippen LogP contribution in [-0.4, -0.2) is 37.2 Å². The van der Waals surface area contributed by atoms with E-state index in [2.05, 4.69) is 20.7 Å². The largest absolute Gasteiger partial charge is 0.382 e. The van der Waals surface area contributed by atoms with Crippen LogP contribution in [0.1, 0.15) is 24.0 Å². The fraction of sp³-hybridized carbons (Fsp3) is 0.667. The number of aliphatic imine (C=N–C) groups is 1. The van der Waals surface area contributed by atoms with Crippen molar-refractivity contribution in [1.29, 1.82) is 0 Å². The van der Waals surface area contributed by atoms with E-state index in [0.29, 0.717) is 12.5 Å². The van der Waals surface area contributed by atoms with E-state index in [9.17, 15) is 0 Å². The highest BCUT2D eigenvalue weighted by Crippen LogP contribution is 2.07. The summed E-state index contributed by atoms with van der Waals surface area (Å²) in [5.74, 6) is 0.499. The summed E-state index contributed by atoms with van der Waals surface area (Å²) in [6.45, 7) is 6.96. The monoisotopic (exact) mass is 398 g/mol. The van der Waals surface area contributed by atoms with E-state index in [-0.39, 0.29) is 24.0 Å². The van der Waals surface area contributed by atoms with Crippen molar-refractivity contribution in [2.75, 3.05) is 26.3 Å². The van der Waals surface area contributed by atoms with Gasteiger partial charge in [-0.2, -0.15) is 0 Å². The Balaban J connectivity index is 0.00000324. The maximum atomic E-state index is 5.74. The molecule has 0 aliphatic carbocycles. The average molecular weight is 398 g/mol. The van der Waals surface area contributed by atoms with Crippen molar-refractivity contribution in [2.24, 2.45) is 10.7 Å². The number of thiazole rings is 1. The first-order valence-electron chi connectivity index (χ1n) is 6.25. The summed E-state index contributed by atoms with van der Waals surface area (Å²) in [6.07, 6.45) is 1.78. The molecule has 0 aliphatic heterocycles. The Bertz CT molecular complexity index is 370. The van der Waals surface area contributed by atoms with Crippen LogP contribution >= 0.6 is 35.3 Å². The molecule has 7 heteroatoms. The van der Waals surface area contributed by atoms with E-state index in [4.69, 9.17) is 10.5 Å². The Labute approximate surface area is 136 Å². The second-order valence-electron chi connectivity index (χ2n) is 3.85. The third kappa shape index (κ3) is 9.17. The van der Waals surface area contributed by atoms with E-state index < -0.39 is 0 Å². The number of hydrogen-bond acceptors (Lipinski definition) is 4. The number of ether oxygens (including phenoxy) is 1. The fourth-order valence-electron chi connectivity index (χ4n) is 1.41. The zero-order valence-electron chi connectivity index (χ0n) is 11.5. The zero-order chi connectivity index (χ0) is 13.2. The Hall–Kier alpha value is -0.410. The number of halogens is 1. The summed E-state index contributed by atoms with van der Waals surface area (Å²) in [5, 5.41) is 6.26. The molecular formula is C12H23IN4OS. The van der Waals surface area contributed by atoms with Crippen molar-refractivity contribution in [3.63, 3.8) is 0 Å². The third-order valence-corrected chi connectivity index (χ3v) is 3.11. The van der Waals surface area contributed by atoms with Crippen molar-refractivity contribution < 1.29 is 4.74 Å². The SMILES string of the molecule is CCOCCCN=C(N)NCCc1csc(C)n1.I. The molecule has 3 N–H and O–H groups in total. The highest BCUT2D eigenvalue weighted by atomic mass is 127. The molecule has 1 aromatic heterocycles. The molecule has 0 atom stereocenters. The molecule has 0 bridgehead atoms. The Kier molecular flexibility index (Phi) is 11.2. The first kappa shape index (κ1) is 18.6. The van der Waals surface area contributed by atoms with Gasteiger partial charge < -0.3 is 15.8 Å². The number of aromatic nitrogens is 1. The molecule has 1 rings (SSSR count). The number of aryl methyl sites for hydroxylation is 1. The van der Waals surface area contributed by atoms with Crippen LogP contribution in [0.2, 0.25) is 0 Å². The number of rotatable bonds is 8. The predicted molar refractivity (Wildman–Crippen MR) is 91.6 cm³/mol. The van der Waals surface area contributed by atoms with Crippen LogP contribution in [0.15, 0.2) is 10.4 Å². The molecular weight excluding hydrogens is 375 g/mol. The number of nitrogens with one attached hydrogen (secondary N) is 1. The number of guanidine groups is 1. The first-order chi connectivity index (χ1) is 8.72. The van der Waals surface area contributed by atoms with Crippen LogP contribution in [0, 0.1) is 6.92 Å². The molecule has 0 aromatic carbocycles. The van der Waals surface area contributed by atoms with Crippen LogP contribution in [0.3, 0.4) is 0 Å². The van der Waals surface area contributed by atoms with E-state index in [0.717, 1.165) is 43.3 Å². The van der Waals surface area contributed by atoms with Gasteiger partial charge in [0.15, 0.2) is 5.96 Å². The summed E-state index contributed by atoms with van der Waals surface area (Å²) in [7, 11) is 0. The van der Waals surface area contributed by atoms with Crippen molar-refractivity contribution in [2.45, 2.75) is 26.7 Å². The highest BCUT2D eigenvalue weighted by Gasteiger charge is 1.98. The summed E-state index contributed by atoms with van der Waals surface area (Å²) in [6, 6.07) is 0. The first-order valence-corrected chi connectivity index (χ1v) is 7.13. The zero-order valence-corrected chi connectivity index (χ0v) is 14.7. The molecule has 5 nitrogen and oxygen atoms in total. The van der Waals surface area contributed by atoms with E-state index in [1.54, 1.807) is 11.3 Å². The van der Waals surface area contributed by atoms with Gasteiger partial charge in [0.2, 0.25) is 0 Å². The van der Waals surface area contributed by atoms with Gasteiger partial charge in [-0.1, -0.05) is 0 Å². The molecule has 0 radical (unpaired) electrons. The number of nitrogens with two attached hydrogens (primary N) is 1. The minimum absolute atomic E-state index is 0. The van der Waals surface area contributed by atoms with Crippen LogP contribution in [0.25, 0.3) is 0 Å². The van der Waals surface area contributed by atoms with Gasteiger partial charge >= 0.3 is 0 Å². The molecule has 19 heavy (non-hydrogen) atoms. The van der Waals surface area contributed by atoms with Gasteiger partial charge in [0.05, 0.1) is 10.7 Å². The fourth-order valence-corrected chi connectivity index (χ4v) is 2.06. The molecule has 0 unspecified atom stereocenters. The van der Waals surface area contributed by atoms with Crippen LogP contribution in [0.5, 0.6) is 0 Å². The Morgan fingerprint density at radius 2 is 2.37 bits per heavy atom. The lowest BCUT2D eigenvalue weighted by molar-refractivity contribution is 0.146. The second-order valence-corrected chi connectivity index (χ2v) is 4.91. The van der Waals surface area contributed by atoms with Gasteiger partial charge in [0, 0.05) is 38.1 Å². The Morgan fingerprint density at radius 1 is 1.58 bits per heavy atom. The Morgan fingerprint density at radius 3 is 3.00 bits per heavy atom. The van der Waals surface area contributed by atoms with Gasteiger partial charge in [-0.05, 0) is 20.3 Å². The smallest absolute Gasteiger partial charge is 0.188 e. The van der Waals surface area contributed by atoms with Gasteiger partial charge in [-0.3, -0.25) is 4.99 Å². The molecule has 0 saturated heterocycles. The maximum absolute atomic E-state index is 5.74. The van der Waals surface area contributed by atoms with Crippen molar-refractivity contribution in [1.82, 2.24) is 10.3 Å². The van der Waals surface area contributed by atoms with Gasteiger partial charge in [-0.25, -0.2) is 4.98 Å². The molecule has 0 saturated carbocycles. The molecule has 0 aliphatic rings. The minimum Gasteiger partial charge on any atom is -0.382 e. The third-order valence-electron chi connectivity index (χ3n) is 2.29. The van der Waals surface area contributed by atoms with Gasteiger partial charge in [0.1, 0.15) is 0 Å². The molecule has 110 valence electrons. The van der Waals surface area contributed by atoms with Crippen molar-refractivity contribution in [3.05, 3.63) is 16.1 Å².